The summed E-state index contributed by atoms with van der Waals surface area (Å²) in [6.45, 7) is 2.51. The number of hydrogen-bond acceptors (Lipinski definition) is 6. The molecule has 2 heterocycles. The minimum atomic E-state index is -0.0609. The number of fused-ring (bicyclic) bond motifs is 1. The monoisotopic (exact) mass is 437 g/mol. The van der Waals surface area contributed by atoms with Gasteiger partial charge in [0, 0.05) is 35.9 Å². The second-order valence-electron chi connectivity index (χ2n) is 8.19. The highest BCUT2D eigenvalue weighted by Crippen LogP contribution is 2.33. The van der Waals surface area contributed by atoms with E-state index in [9.17, 15) is 4.79 Å². The SMILES string of the molecule is Nc1cc(Cl)c(OCC2CC2)cc1C=NCc1nn(C2CNC2)c(=O)c2ccccc12. The van der Waals surface area contributed by atoms with E-state index in [0.29, 0.717) is 40.9 Å². The van der Waals surface area contributed by atoms with Gasteiger partial charge in [0.1, 0.15) is 5.75 Å². The van der Waals surface area contributed by atoms with Crippen LogP contribution >= 0.6 is 11.6 Å². The van der Waals surface area contributed by atoms with E-state index >= 15 is 0 Å². The Morgan fingerprint density at radius 1 is 1.26 bits per heavy atom. The number of benzene rings is 2. The Hall–Kier alpha value is -2.90. The molecule has 2 aromatic carbocycles. The molecule has 7 nitrogen and oxygen atoms in total. The fraction of sp³-hybridized carbons (Fsp3) is 0.348. The highest BCUT2D eigenvalue weighted by molar-refractivity contribution is 6.32. The van der Waals surface area contributed by atoms with Crippen molar-refractivity contribution < 1.29 is 4.74 Å². The number of rotatable bonds is 7. The van der Waals surface area contributed by atoms with E-state index in [0.717, 1.165) is 29.7 Å². The summed E-state index contributed by atoms with van der Waals surface area (Å²) in [5.74, 6) is 1.26. The Balaban J connectivity index is 1.42. The summed E-state index contributed by atoms with van der Waals surface area (Å²) in [4.78, 5) is 17.4. The quantitative estimate of drug-likeness (QED) is 0.437. The van der Waals surface area contributed by atoms with Crippen molar-refractivity contribution in [2.24, 2.45) is 10.9 Å². The molecule has 0 amide bonds. The minimum absolute atomic E-state index is 0.0609. The molecule has 0 bridgehead atoms. The van der Waals surface area contributed by atoms with Gasteiger partial charge >= 0.3 is 0 Å². The van der Waals surface area contributed by atoms with E-state index in [-0.39, 0.29) is 11.6 Å². The second kappa shape index (κ2) is 8.32. The molecular formula is C23H24ClN5O2. The number of nitrogens with two attached hydrogens (primary N) is 1. The van der Waals surface area contributed by atoms with Crippen LogP contribution in [0, 0.1) is 5.92 Å². The van der Waals surface area contributed by atoms with Crippen molar-refractivity contribution in [1.82, 2.24) is 15.1 Å². The average Bonchev–Trinajstić information content (AvgIpc) is 3.55. The molecule has 31 heavy (non-hydrogen) atoms. The number of anilines is 1. The summed E-state index contributed by atoms with van der Waals surface area (Å²) in [5.41, 5.74) is 8.12. The third kappa shape index (κ3) is 4.16. The first-order valence-electron chi connectivity index (χ1n) is 10.5. The van der Waals surface area contributed by atoms with Crippen LogP contribution in [0.5, 0.6) is 5.75 Å². The van der Waals surface area contributed by atoms with Gasteiger partial charge in [0.25, 0.3) is 5.56 Å². The van der Waals surface area contributed by atoms with Crippen LogP contribution in [0.1, 0.15) is 30.1 Å². The molecule has 0 unspecified atom stereocenters. The van der Waals surface area contributed by atoms with E-state index < -0.39 is 0 Å². The molecule has 1 saturated heterocycles. The number of nitrogen functional groups attached to an aromatic ring is 1. The third-order valence-corrected chi connectivity index (χ3v) is 6.09. The highest BCUT2D eigenvalue weighted by atomic mass is 35.5. The largest absolute Gasteiger partial charge is 0.492 e. The Morgan fingerprint density at radius 3 is 2.74 bits per heavy atom. The lowest BCUT2D eigenvalue weighted by Gasteiger charge is -2.28. The molecule has 0 spiro atoms. The number of ether oxygens (including phenoxy) is 1. The number of aromatic nitrogens is 2. The average molecular weight is 438 g/mol. The molecule has 8 heteroatoms. The number of halogens is 1. The molecule has 3 N–H and O–H groups in total. The van der Waals surface area contributed by atoms with Gasteiger partial charge < -0.3 is 15.8 Å². The first kappa shape index (κ1) is 20.0. The molecule has 2 fully saturated rings. The van der Waals surface area contributed by atoms with Crippen molar-refractivity contribution in [2.45, 2.75) is 25.4 Å². The molecule has 0 radical (unpaired) electrons. The molecule has 1 saturated carbocycles. The van der Waals surface area contributed by atoms with Crippen LogP contribution in [0.25, 0.3) is 10.8 Å². The van der Waals surface area contributed by atoms with E-state index in [1.807, 2.05) is 30.3 Å². The van der Waals surface area contributed by atoms with Crippen molar-refractivity contribution in [1.29, 1.82) is 0 Å². The predicted octanol–water partition coefficient (Wildman–Crippen LogP) is 3.18. The van der Waals surface area contributed by atoms with Crippen LogP contribution in [0.3, 0.4) is 0 Å². The predicted molar refractivity (Wildman–Crippen MR) is 123 cm³/mol. The van der Waals surface area contributed by atoms with Gasteiger partial charge in [-0.3, -0.25) is 9.79 Å². The normalized spacial score (nSPS) is 16.7. The van der Waals surface area contributed by atoms with Gasteiger partial charge in [-0.2, -0.15) is 5.10 Å². The topological polar surface area (TPSA) is 94.5 Å². The van der Waals surface area contributed by atoms with Gasteiger partial charge in [0.15, 0.2) is 0 Å². The van der Waals surface area contributed by atoms with Gasteiger partial charge in [-0.1, -0.05) is 29.8 Å². The Bertz CT molecular complexity index is 1210. The van der Waals surface area contributed by atoms with Crippen LogP contribution in [0.4, 0.5) is 5.69 Å². The van der Waals surface area contributed by atoms with Crippen LogP contribution in [-0.4, -0.2) is 35.7 Å². The summed E-state index contributed by atoms with van der Waals surface area (Å²) >= 11 is 6.28. The minimum Gasteiger partial charge on any atom is -0.492 e. The molecule has 1 aliphatic carbocycles. The Morgan fingerprint density at radius 2 is 2.03 bits per heavy atom. The standard InChI is InChI=1S/C23H24ClN5O2/c24-19-8-20(25)15(7-22(19)31-13-14-5-6-14)9-26-12-21-17-3-1-2-4-18(17)23(30)29(28-21)16-10-27-11-16/h1-4,7-9,14,16,27H,5-6,10-13,25H2. The third-order valence-electron chi connectivity index (χ3n) is 5.79. The lowest BCUT2D eigenvalue weighted by Crippen LogP contribution is -2.48. The maximum atomic E-state index is 12.8. The van der Waals surface area contributed by atoms with Crippen LogP contribution < -0.4 is 21.3 Å². The molecule has 1 aromatic heterocycles. The van der Waals surface area contributed by atoms with Gasteiger partial charge in [0.05, 0.1) is 35.3 Å². The maximum absolute atomic E-state index is 12.8. The number of aliphatic imine (C=N–C) groups is 1. The van der Waals surface area contributed by atoms with Crippen LogP contribution in [-0.2, 0) is 6.54 Å². The zero-order chi connectivity index (χ0) is 21.4. The summed E-state index contributed by atoms with van der Waals surface area (Å²) in [5, 5.41) is 9.82. The van der Waals surface area contributed by atoms with Crippen molar-refractivity contribution in [3.8, 4) is 5.75 Å². The zero-order valence-corrected chi connectivity index (χ0v) is 17.8. The summed E-state index contributed by atoms with van der Waals surface area (Å²) in [7, 11) is 0. The van der Waals surface area contributed by atoms with E-state index in [2.05, 4.69) is 15.4 Å². The first-order valence-corrected chi connectivity index (χ1v) is 10.9. The fourth-order valence-electron chi connectivity index (χ4n) is 3.61. The number of nitrogens with zero attached hydrogens (tertiary/aromatic N) is 3. The second-order valence-corrected chi connectivity index (χ2v) is 8.60. The van der Waals surface area contributed by atoms with Crippen LogP contribution in [0.2, 0.25) is 5.02 Å². The Labute approximate surface area is 184 Å². The number of hydrogen-bond donors (Lipinski definition) is 2. The van der Waals surface area contributed by atoms with Crippen molar-refractivity contribution in [3.05, 3.63) is 63.0 Å². The number of nitrogens with one attached hydrogen (secondary N) is 1. The summed E-state index contributed by atoms with van der Waals surface area (Å²) in [6, 6.07) is 11.1. The van der Waals surface area contributed by atoms with Gasteiger partial charge in [0.2, 0.25) is 0 Å². The van der Waals surface area contributed by atoms with E-state index in [1.54, 1.807) is 17.0 Å². The zero-order valence-electron chi connectivity index (χ0n) is 17.1. The molecular weight excluding hydrogens is 414 g/mol. The summed E-state index contributed by atoms with van der Waals surface area (Å²) < 4.78 is 7.43. The van der Waals surface area contributed by atoms with Crippen molar-refractivity contribution in [3.63, 3.8) is 0 Å². The van der Waals surface area contributed by atoms with Crippen molar-refractivity contribution in [2.75, 3.05) is 25.4 Å². The maximum Gasteiger partial charge on any atom is 0.275 e. The van der Waals surface area contributed by atoms with Gasteiger partial charge in [-0.25, -0.2) is 4.68 Å². The smallest absolute Gasteiger partial charge is 0.275 e. The Kier molecular flexibility index (Phi) is 5.38. The molecule has 160 valence electrons. The van der Waals surface area contributed by atoms with Crippen LogP contribution in [0.15, 0.2) is 46.2 Å². The summed E-state index contributed by atoms with van der Waals surface area (Å²) in [6.07, 6.45) is 4.13. The fourth-order valence-corrected chi connectivity index (χ4v) is 3.84. The molecule has 0 atom stereocenters. The molecule has 3 aromatic rings. The highest BCUT2D eigenvalue weighted by Gasteiger charge is 2.23. The van der Waals surface area contributed by atoms with Crippen molar-refractivity contribution >= 4 is 34.3 Å². The van der Waals surface area contributed by atoms with E-state index in [4.69, 9.17) is 22.1 Å². The molecule has 5 rings (SSSR count). The lowest BCUT2D eigenvalue weighted by atomic mass is 10.1. The van der Waals surface area contributed by atoms with Gasteiger partial charge in [-0.15, -0.1) is 0 Å². The molecule has 2 aliphatic rings. The molecule has 1 aliphatic heterocycles. The lowest BCUT2D eigenvalue weighted by molar-refractivity contribution is 0.300. The van der Waals surface area contributed by atoms with E-state index in [1.165, 1.54) is 12.8 Å². The van der Waals surface area contributed by atoms with Gasteiger partial charge in [-0.05, 0) is 37.0 Å². The first-order chi connectivity index (χ1) is 15.1.